The molecule has 132 valence electrons. The fraction of sp³-hybridized carbons (Fsp3) is 0.278. The minimum Gasteiger partial charge on any atom is -0.334 e. The van der Waals surface area contributed by atoms with Crippen molar-refractivity contribution in [3.8, 4) is 11.4 Å². The number of benzene rings is 1. The van der Waals surface area contributed by atoms with Gasteiger partial charge in [0.2, 0.25) is 5.82 Å². The van der Waals surface area contributed by atoms with E-state index in [1.54, 1.807) is 29.4 Å². The molecule has 0 unspecified atom stereocenters. The van der Waals surface area contributed by atoms with Crippen molar-refractivity contribution in [2.75, 3.05) is 6.54 Å². The summed E-state index contributed by atoms with van der Waals surface area (Å²) in [6.45, 7) is 1.03. The van der Waals surface area contributed by atoms with E-state index in [0.717, 1.165) is 18.4 Å². The SMILES string of the molecule is O=C(c1ccccc1F)N1CCC[C@@H]1Cn1nnc(-c2ccncc2)n1. The number of rotatable bonds is 4. The number of aromatic nitrogens is 5. The van der Waals surface area contributed by atoms with Crippen LogP contribution in [-0.4, -0.2) is 48.6 Å². The molecular formula is C18H17FN6O. The fourth-order valence-corrected chi connectivity index (χ4v) is 3.21. The number of likely N-dealkylation sites (tertiary alicyclic amines) is 1. The third-order valence-corrected chi connectivity index (χ3v) is 4.51. The average molecular weight is 352 g/mol. The van der Waals surface area contributed by atoms with E-state index in [0.29, 0.717) is 18.9 Å². The highest BCUT2D eigenvalue weighted by atomic mass is 19.1. The number of amides is 1. The van der Waals surface area contributed by atoms with Crippen LogP contribution < -0.4 is 0 Å². The lowest BCUT2D eigenvalue weighted by molar-refractivity contribution is 0.0713. The second-order valence-corrected chi connectivity index (χ2v) is 6.18. The van der Waals surface area contributed by atoms with E-state index < -0.39 is 5.82 Å². The molecule has 1 amide bonds. The molecule has 26 heavy (non-hydrogen) atoms. The van der Waals surface area contributed by atoms with Gasteiger partial charge in [0.25, 0.3) is 5.91 Å². The largest absolute Gasteiger partial charge is 0.334 e. The van der Waals surface area contributed by atoms with Gasteiger partial charge in [0.1, 0.15) is 5.82 Å². The van der Waals surface area contributed by atoms with Crippen molar-refractivity contribution in [2.45, 2.75) is 25.4 Å². The molecule has 1 fully saturated rings. The molecule has 8 heteroatoms. The number of hydrogen-bond acceptors (Lipinski definition) is 5. The van der Waals surface area contributed by atoms with Crippen molar-refractivity contribution in [3.63, 3.8) is 0 Å². The molecule has 0 bridgehead atoms. The summed E-state index contributed by atoms with van der Waals surface area (Å²) in [6, 6.07) is 9.60. The zero-order valence-electron chi connectivity index (χ0n) is 14.0. The second kappa shape index (κ2) is 6.99. The Morgan fingerprint density at radius 2 is 2.00 bits per heavy atom. The summed E-state index contributed by atoms with van der Waals surface area (Å²) in [5.74, 6) is -0.278. The third kappa shape index (κ3) is 3.17. The van der Waals surface area contributed by atoms with Crippen molar-refractivity contribution >= 4 is 5.91 Å². The van der Waals surface area contributed by atoms with Crippen LogP contribution >= 0.6 is 0 Å². The number of carbonyl (C=O) groups is 1. The fourth-order valence-electron chi connectivity index (χ4n) is 3.21. The average Bonchev–Trinajstić information content (AvgIpc) is 3.32. The number of carbonyl (C=O) groups excluding carboxylic acids is 1. The molecule has 1 aliphatic rings. The van der Waals surface area contributed by atoms with Crippen molar-refractivity contribution in [1.82, 2.24) is 30.1 Å². The van der Waals surface area contributed by atoms with Crippen molar-refractivity contribution in [1.29, 1.82) is 0 Å². The molecule has 3 aromatic rings. The van der Waals surface area contributed by atoms with Crippen molar-refractivity contribution < 1.29 is 9.18 Å². The Balaban J connectivity index is 1.50. The monoisotopic (exact) mass is 352 g/mol. The summed E-state index contributed by atoms with van der Waals surface area (Å²) in [5, 5.41) is 12.5. The predicted octanol–water partition coefficient (Wildman–Crippen LogP) is 2.18. The molecule has 1 saturated heterocycles. The van der Waals surface area contributed by atoms with E-state index in [-0.39, 0.29) is 17.5 Å². The van der Waals surface area contributed by atoms with E-state index >= 15 is 0 Å². The first-order valence-electron chi connectivity index (χ1n) is 8.46. The summed E-state index contributed by atoms with van der Waals surface area (Å²) < 4.78 is 13.9. The smallest absolute Gasteiger partial charge is 0.257 e. The minimum atomic E-state index is -0.498. The normalized spacial score (nSPS) is 16.8. The first-order valence-corrected chi connectivity index (χ1v) is 8.46. The zero-order valence-corrected chi connectivity index (χ0v) is 14.0. The lowest BCUT2D eigenvalue weighted by Gasteiger charge is -2.24. The maximum absolute atomic E-state index is 13.9. The molecule has 0 N–H and O–H groups in total. The lowest BCUT2D eigenvalue weighted by atomic mass is 10.1. The summed E-state index contributed by atoms with van der Waals surface area (Å²) in [4.78, 5) is 19.9. The van der Waals surface area contributed by atoms with Crippen LogP contribution in [0.15, 0.2) is 48.8 Å². The molecule has 3 heterocycles. The predicted molar refractivity (Wildman–Crippen MR) is 91.5 cm³/mol. The van der Waals surface area contributed by atoms with Gasteiger partial charge in [-0.3, -0.25) is 9.78 Å². The van der Waals surface area contributed by atoms with E-state index in [2.05, 4.69) is 20.4 Å². The van der Waals surface area contributed by atoms with E-state index in [4.69, 9.17) is 0 Å². The molecule has 0 aliphatic carbocycles. The highest BCUT2D eigenvalue weighted by Gasteiger charge is 2.31. The first kappa shape index (κ1) is 16.3. The van der Waals surface area contributed by atoms with Gasteiger partial charge in [-0.1, -0.05) is 12.1 Å². The Kier molecular flexibility index (Phi) is 4.39. The number of tetrazole rings is 1. The van der Waals surface area contributed by atoms with Crippen LogP contribution in [0, 0.1) is 5.82 Å². The summed E-state index contributed by atoms with van der Waals surface area (Å²) in [6.07, 6.45) is 5.03. The van der Waals surface area contributed by atoms with Crippen LogP contribution in [0.1, 0.15) is 23.2 Å². The van der Waals surface area contributed by atoms with Gasteiger partial charge in [-0.05, 0) is 42.3 Å². The standard InChI is InChI=1S/C18H17FN6O/c19-16-6-2-1-5-15(16)18(26)24-11-3-4-14(24)12-25-22-17(21-23-25)13-7-9-20-10-8-13/h1-2,5-10,14H,3-4,11-12H2/t14-/m1/s1. The molecule has 1 aliphatic heterocycles. The van der Waals surface area contributed by atoms with E-state index in [1.807, 2.05) is 12.1 Å². The third-order valence-electron chi connectivity index (χ3n) is 4.51. The molecule has 1 aromatic carbocycles. The number of pyridine rings is 1. The van der Waals surface area contributed by atoms with Gasteiger partial charge in [0.15, 0.2) is 0 Å². The second-order valence-electron chi connectivity index (χ2n) is 6.18. The van der Waals surface area contributed by atoms with Crippen LogP contribution in [0.4, 0.5) is 4.39 Å². The van der Waals surface area contributed by atoms with Gasteiger partial charge in [-0.2, -0.15) is 4.80 Å². The topological polar surface area (TPSA) is 76.8 Å². The molecule has 0 radical (unpaired) electrons. The Hall–Kier alpha value is -3.16. The van der Waals surface area contributed by atoms with Crippen LogP contribution in [0.2, 0.25) is 0 Å². The maximum Gasteiger partial charge on any atom is 0.257 e. The lowest BCUT2D eigenvalue weighted by Crippen LogP contribution is -2.38. The molecule has 0 saturated carbocycles. The van der Waals surface area contributed by atoms with Crippen molar-refractivity contribution in [2.24, 2.45) is 0 Å². The number of halogens is 1. The van der Waals surface area contributed by atoms with Gasteiger partial charge >= 0.3 is 0 Å². The van der Waals surface area contributed by atoms with Crippen LogP contribution in [0.25, 0.3) is 11.4 Å². The van der Waals surface area contributed by atoms with Gasteiger partial charge in [-0.15, -0.1) is 10.2 Å². The maximum atomic E-state index is 13.9. The molecule has 0 spiro atoms. The quantitative estimate of drug-likeness (QED) is 0.719. The number of hydrogen-bond donors (Lipinski definition) is 0. The minimum absolute atomic E-state index is 0.0819. The van der Waals surface area contributed by atoms with Crippen LogP contribution in [-0.2, 0) is 6.54 Å². The molecule has 2 aromatic heterocycles. The van der Waals surface area contributed by atoms with Crippen LogP contribution in [0.3, 0.4) is 0 Å². The van der Waals surface area contributed by atoms with Gasteiger partial charge in [0, 0.05) is 24.5 Å². The molecule has 4 rings (SSSR count). The van der Waals surface area contributed by atoms with Crippen LogP contribution in [0.5, 0.6) is 0 Å². The highest BCUT2D eigenvalue weighted by Crippen LogP contribution is 2.22. The van der Waals surface area contributed by atoms with E-state index in [9.17, 15) is 9.18 Å². The number of nitrogens with zero attached hydrogens (tertiary/aromatic N) is 6. The molecule has 7 nitrogen and oxygen atoms in total. The summed E-state index contributed by atoms with van der Waals surface area (Å²) >= 11 is 0. The Bertz CT molecular complexity index is 913. The highest BCUT2D eigenvalue weighted by molar-refractivity contribution is 5.94. The summed E-state index contributed by atoms with van der Waals surface area (Å²) in [5.41, 5.74) is 0.931. The van der Waals surface area contributed by atoms with Gasteiger partial charge in [-0.25, -0.2) is 4.39 Å². The zero-order chi connectivity index (χ0) is 17.9. The first-order chi connectivity index (χ1) is 12.7. The Labute approximate surface area is 149 Å². The van der Waals surface area contributed by atoms with E-state index in [1.165, 1.54) is 16.9 Å². The van der Waals surface area contributed by atoms with Gasteiger partial charge in [0.05, 0.1) is 18.2 Å². The van der Waals surface area contributed by atoms with Crippen molar-refractivity contribution in [3.05, 3.63) is 60.2 Å². The summed E-state index contributed by atoms with van der Waals surface area (Å²) in [7, 11) is 0. The van der Waals surface area contributed by atoms with Gasteiger partial charge < -0.3 is 4.90 Å². The Morgan fingerprint density at radius 3 is 2.81 bits per heavy atom. The molecular weight excluding hydrogens is 335 g/mol. The Morgan fingerprint density at radius 1 is 1.19 bits per heavy atom. The molecule has 1 atom stereocenters.